The van der Waals surface area contributed by atoms with Gasteiger partial charge in [0.05, 0.1) is 15.1 Å². The van der Waals surface area contributed by atoms with E-state index in [1.165, 1.54) is 18.2 Å². The average Bonchev–Trinajstić information content (AvgIpc) is 3.79. The first-order chi connectivity index (χ1) is 18.9. The molecule has 1 N–H and O–H groups in total. The molecule has 1 aliphatic heterocycles. The molecule has 3 aromatic carbocycles. The van der Waals surface area contributed by atoms with E-state index in [0.29, 0.717) is 33.9 Å². The van der Waals surface area contributed by atoms with Crippen LogP contribution >= 0.6 is 34.8 Å². The van der Waals surface area contributed by atoms with Crippen molar-refractivity contribution in [3.63, 3.8) is 0 Å². The fraction of sp³-hybridized carbons (Fsp3) is 0.300. The first-order valence-electron chi connectivity index (χ1n) is 12.9. The quantitative estimate of drug-likeness (QED) is 0.255. The van der Waals surface area contributed by atoms with E-state index >= 15 is 0 Å². The highest BCUT2D eigenvalue weighted by atomic mass is 35.5. The Bertz CT molecular complexity index is 1380. The monoisotopic (exact) mass is 588 g/mol. The summed E-state index contributed by atoms with van der Waals surface area (Å²) in [6.07, 6.45) is 2.72. The lowest BCUT2D eigenvalue weighted by Gasteiger charge is -2.28. The lowest BCUT2D eigenvalue weighted by molar-refractivity contribution is -0.128. The lowest BCUT2D eigenvalue weighted by atomic mass is 9.93. The van der Waals surface area contributed by atoms with Crippen molar-refractivity contribution in [3.8, 4) is 11.5 Å². The molecule has 0 atom stereocenters. The zero-order valence-electron chi connectivity index (χ0n) is 21.2. The molecule has 0 bridgehead atoms. The van der Waals surface area contributed by atoms with Gasteiger partial charge in [-0.05, 0) is 72.8 Å². The number of carbonyl (C=O) groups excluding carboxylic acids is 1. The van der Waals surface area contributed by atoms with E-state index in [1.807, 2.05) is 41.3 Å². The molecule has 204 valence electrons. The highest BCUT2D eigenvalue weighted by Crippen LogP contribution is 2.35. The van der Waals surface area contributed by atoms with E-state index in [1.54, 1.807) is 6.07 Å². The van der Waals surface area contributed by atoms with Crippen molar-refractivity contribution in [3.05, 3.63) is 98.2 Å². The molecule has 1 fully saturated rings. The number of nitrogens with zero attached hydrogens (tertiary/aromatic N) is 1. The number of amides is 1. The number of benzene rings is 3. The number of rotatable bonds is 10. The largest absolute Gasteiger partial charge is 0.490 e. The Morgan fingerprint density at radius 3 is 2.51 bits per heavy atom. The second kappa shape index (κ2) is 12.6. The zero-order valence-corrected chi connectivity index (χ0v) is 23.5. The van der Waals surface area contributed by atoms with Crippen LogP contribution in [0, 0.1) is 5.82 Å². The van der Waals surface area contributed by atoms with Crippen LogP contribution in [-0.2, 0) is 11.3 Å². The summed E-state index contributed by atoms with van der Waals surface area (Å²) in [5.74, 6) is 0.572. The van der Waals surface area contributed by atoms with Crippen LogP contribution in [0.4, 0.5) is 4.39 Å². The zero-order chi connectivity index (χ0) is 27.4. The first kappa shape index (κ1) is 27.8. The van der Waals surface area contributed by atoms with Crippen molar-refractivity contribution in [2.45, 2.75) is 31.8 Å². The van der Waals surface area contributed by atoms with Crippen LogP contribution in [0.3, 0.4) is 0 Å². The number of ether oxygens (including phenoxy) is 2. The van der Waals surface area contributed by atoms with E-state index in [-0.39, 0.29) is 30.9 Å². The summed E-state index contributed by atoms with van der Waals surface area (Å²) in [4.78, 5) is 15.8. The van der Waals surface area contributed by atoms with Crippen LogP contribution < -0.4 is 14.8 Å². The predicted molar refractivity (Wildman–Crippen MR) is 153 cm³/mol. The molecular formula is C30H28Cl3FN2O3. The maximum atomic E-state index is 13.8. The van der Waals surface area contributed by atoms with Crippen molar-refractivity contribution in [1.82, 2.24) is 10.2 Å². The van der Waals surface area contributed by atoms with Gasteiger partial charge in [0.2, 0.25) is 0 Å². The molecule has 3 aromatic rings. The molecule has 39 heavy (non-hydrogen) atoms. The van der Waals surface area contributed by atoms with Gasteiger partial charge in [0.25, 0.3) is 5.91 Å². The van der Waals surface area contributed by atoms with Crippen LogP contribution in [0.2, 0.25) is 15.1 Å². The Morgan fingerprint density at radius 2 is 1.74 bits per heavy atom. The minimum Gasteiger partial charge on any atom is -0.490 e. The number of hydrogen-bond acceptors (Lipinski definition) is 4. The molecule has 2 aliphatic rings. The van der Waals surface area contributed by atoms with Crippen LogP contribution in [0.5, 0.6) is 11.5 Å². The lowest BCUT2D eigenvalue weighted by Crippen LogP contribution is -2.39. The summed E-state index contributed by atoms with van der Waals surface area (Å²) >= 11 is 18.7. The van der Waals surface area contributed by atoms with Gasteiger partial charge in [-0.2, -0.15) is 0 Å². The predicted octanol–water partition coefficient (Wildman–Crippen LogP) is 7.18. The third-order valence-corrected chi connectivity index (χ3v) is 7.97. The minimum atomic E-state index is -0.413. The molecule has 5 nitrogen and oxygen atoms in total. The van der Waals surface area contributed by atoms with Crippen molar-refractivity contribution in [2.75, 3.05) is 26.3 Å². The smallest absolute Gasteiger partial charge is 0.251 e. The molecule has 1 aliphatic carbocycles. The van der Waals surface area contributed by atoms with Gasteiger partial charge in [-0.1, -0.05) is 59.1 Å². The van der Waals surface area contributed by atoms with Crippen LogP contribution in [0.25, 0.3) is 5.57 Å². The van der Waals surface area contributed by atoms with Crippen molar-refractivity contribution < 1.29 is 18.7 Å². The highest BCUT2D eigenvalue weighted by Gasteiger charge is 2.35. The van der Waals surface area contributed by atoms with Crippen molar-refractivity contribution >= 4 is 46.3 Å². The van der Waals surface area contributed by atoms with Gasteiger partial charge in [-0.25, -0.2) is 4.39 Å². The van der Waals surface area contributed by atoms with Gasteiger partial charge in [0, 0.05) is 30.8 Å². The van der Waals surface area contributed by atoms with E-state index in [0.717, 1.165) is 48.1 Å². The molecule has 0 unspecified atom stereocenters. The molecule has 1 amide bonds. The maximum absolute atomic E-state index is 13.8. The summed E-state index contributed by atoms with van der Waals surface area (Å²) in [6.45, 7) is 2.22. The minimum absolute atomic E-state index is 0.0317. The molecule has 1 saturated carbocycles. The second-order valence-electron chi connectivity index (χ2n) is 9.56. The van der Waals surface area contributed by atoms with E-state index in [9.17, 15) is 9.18 Å². The third-order valence-electron chi connectivity index (χ3n) is 6.80. The number of hydrogen-bond donors (Lipinski definition) is 1. The standard InChI is InChI=1S/C30H28Cl3FN2O3/c31-26-11-6-21(34)16-28(26)39-15-14-38-23-9-4-19(5-10-23)24-12-13-35-17-25(24)30(37)36(22-7-8-22)18-20-2-1-3-27(32)29(20)33/h1-6,9-11,16,22,35H,7-8,12-15,17-18H2. The first-order valence-corrected chi connectivity index (χ1v) is 14.0. The van der Waals surface area contributed by atoms with E-state index in [2.05, 4.69) is 5.32 Å². The summed E-state index contributed by atoms with van der Waals surface area (Å²) in [5.41, 5.74) is 3.66. The normalized spacial score (nSPS) is 15.3. The summed E-state index contributed by atoms with van der Waals surface area (Å²) < 4.78 is 24.7. The molecule has 0 radical (unpaired) electrons. The van der Waals surface area contributed by atoms with Crippen LogP contribution in [0.15, 0.2) is 66.2 Å². The Morgan fingerprint density at radius 1 is 0.974 bits per heavy atom. The molecule has 9 heteroatoms. The average molecular weight is 590 g/mol. The molecule has 5 rings (SSSR count). The molecule has 0 aromatic heterocycles. The SMILES string of the molecule is O=C(C1=C(c2ccc(OCCOc3cc(F)ccc3Cl)cc2)CCNC1)N(Cc1cccc(Cl)c1Cl)C1CC1. The topological polar surface area (TPSA) is 50.8 Å². The molecular weight excluding hydrogens is 562 g/mol. The van der Waals surface area contributed by atoms with Crippen LogP contribution in [0.1, 0.15) is 30.4 Å². The van der Waals surface area contributed by atoms with E-state index in [4.69, 9.17) is 44.3 Å². The van der Waals surface area contributed by atoms with Crippen LogP contribution in [-0.4, -0.2) is 43.2 Å². The summed E-state index contributed by atoms with van der Waals surface area (Å²) in [6, 6.07) is 17.4. The number of carbonyl (C=O) groups is 1. The molecule has 0 spiro atoms. The fourth-order valence-electron chi connectivity index (χ4n) is 4.64. The van der Waals surface area contributed by atoms with E-state index < -0.39 is 5.82 Å². The Labute approximate surface area is 242 Å². The van der Waals surface area contributed by atoms with Gasteiger partial charge >= 0.3 is 0 Å². The van der Waals surface area contributed by atoms with Gasteiger partial charge < -0.3 is 19.7 Å². The van der Waals surface area contributed by atoms with Crippen molar-refractivity contribution in [1.29, 1.82) is 0 Å². The summed E-state index contributed by atoms with van der Waals surface area (Å²) in [5, 5.41) is 4.68. The number of halogens is 4. The Hall–Kier alpha value is -2.77. The number of nitrogens with one attached hydrogen (secondary N) is 1. The summed E-state index contributed by atoms with van der Waals surface area (Å²) in [7, 11) is 0. The molecule has 0 saturated heterocycles. The Balaban J connectivity index is 1.26. The van der Waals surface area contributed by atoms with Gasteiger partial charge in [0.15, 0.2) is 0 Å². The molecule has 1 heterocycles. The Kier molecular flexibility index (Phi) is 8.98. The van der Waals surface area contributed by atoms with Gasteiger partial charge in [-0.3, -0.25) is 4.79 Å². The fourth-order valence-corrected chi connectivity index (χ4v) is 5.19. The van der Waals surface area contributed by atoms with Gasteiger partial charge in [0.1, 0.15) is 30.5 Å². The highest BCUT2D eigenvalue weighted by molar-refractivity contribution is 6.42. The maximum Gasteiger partial charge on any atom is 0.251 e. The third kappa shape index (κ3) is 6.87. The second-order valence-corrected chi connectivity index (χ2v) is 10.7. The van der Waals surface area contributed by atoms with Crippen molar-refractivity contribution in [2.24, 2.45) is 0 Å². The van der Waals surface area contributed by atoms with Gasteiger partial charge in [-0.15, -0.1) is 0 Å².